The number of hydrogen-bond acceptors (Lipinski definition) is 5. The Kier molecular flexibility index (Phi) is 3.40. The van der Waals surface area contributed by atoms with Crippen molar-refractivity contribution in [2.45, 2.75) is 33.1 Å². The number of anilines is 1. The maximum absolute atomic E-state index is 5.86. The van der Waals surface area contributed by atoms with Crippen LogP contribution in [0.1, 0.15) is 31.0 Å². The Bertz CT molecular complexity index is 743. The van der Waals surface area contributed by atoms with Crippen LogP contribution in [0.3, 0.4) is 0 Å². The third-order valence-electron chi connectivity index (χ3n) is 3.21. The zero-order chi connectivity index (χ0) is 14.1. The monoisotopic (exact) mass is 287 g/mol. The van der Waals surface area contributed by atoms with E-state index in [9.17, 15) is 0 Å². The van der Waals surface area contributed by atoms with Gasteiger partial charge in [-0.2, -0.15) is 4.98 Å². The molecule has 0 aliphatic heterocycles. The third-order valence-corrected chi connectivity index (χ3v) is 4.38. The Hall–Kier alpha value is -1.95. The van der Waals surface area contributed by atoms with E-state index < -0.39 is 0 Å². The highest BCUT2D eigenvalue weighted by molar-refractivity contribution is 7.18. The molecule has 6 heteroatoms. The van der Waals surface area contributed by atoms with Gasteiger partial charge in [0.2, 0.25) is 5.95 Å². The number of fused-ring (bicyclic) bond motifs is 1. The SMILES string of the molecule is CCCc1nccn1-c1nc(N)nc2sc(CC)cc12. The van der Waals surface area contributed by atoms with Crippen LogP contribution in [0.15, 0.2) is 18.5 Å². The maximum Gasteiger partial charge on any atom is 0.223 e. The van der Waals surface area contributed by atoms with Gasteiger partial charge in [-0.1, -0.05) is 13.8 Å². The van der Waals surface area contributed by atoms with Gasteiger partial charge in [0.1, 0.15) is 10.7 Å². The summed E-state index contributed by atoms with van der Waals surface area (Å²) in [6.07, 6.45) is 6.71. The summed E-state index contributed by atoms with van der Waals surface area (Å²) in [7, 11) is 0. The molecule has 0 amide bonds. The molecule has 0 aliphatic rings. The zero-order valence-electron chi connectivity index (χ0n) is 11.6. The first-order valence-corrected chi connectivity index (χ1v) is 7.63. The van der Waals surface area contributed by atoms with Crippen LogP contribution in [-0.2, 0) is 12.8 Å². The number of hydrogen-bond donors (Lipinski definition) is 1. The summed E-state index contributed by atoms with van der Waals surface area (Å²) in [6, 6.07) is 2.16. The molecule has 3 aromatic rings. The van der Waals surface area contributed by atoms with Crippen LogP contribution >= 0.6 is 11.3 Å². The number of imidazole rings is 1. The van der Waals surface area contributed by atoms with E-state index in [-0.39, 0.29) is 0 Å². The van der Waals surface area contributed by atoms with E-state index in [1.807, 2.05) is 17.0 Å². The number of aryl methyl sites for hydroxylation is 2. The van der Waals surface area contributed by atoms with Gasteiger partial charge >= 0.3 is 0 Å². The van der Waals surface area contributed by atoms with Crippen LogP contribution < -0.4 is 5.73 Å². The molecule has 0 aromatic carbocycles. The minimum absolute atomic E-state index is 0.313. The van der Waals surface area contributed by atoms with Crippen molar-refractivity contribution in [3.63, 3.8) is 0 Å². The van der Waals surface area contributed by atoms with Gasteiger partial charge in [-0.25, -0.2) is 9.97 Å². The first-order chi connectivity index (χ1) is 9.72. The molecule has 0 bridgehead atoms. The summed E-state index contributed by atoms with van der Waals surface area (Å²) in [5.41, 5.74) is 5.86. The molecule has 0 unspecified atom stereocenters. The van der Waals surface area contributed by atoms with E-state index in [1.165, 1.54) is 4.88 Å². The van der Waals surface area contributed by atoms with Crippen molar-refractivity contribution >= 4 is 27.5 Å². The number of nitrogens with zero attached hydrogens (tertiary/aromatic N) is 4. The van der Waals surface area contributed by atoms with Gasteiger partial charge in [0, 0.05) is 23.7 Å². The molecule has 0 fully saturated rings. The van der Waals surface area contributed by atoms with Gasteiger partial charge in [-0.3, -0.25) is 4.57 Å². The van der Waals surface area contributed by atoms with Crippen molar-refractivity contribution in [2.24, 2.45) is 0 Å². The molecular weight excluding hydrogens is 270 g/mol. The molecule has 0 aliphatic carbocycles. The smallest absolute Gasteiger partial charge is 0.223 e. The summed E-state index contributed by atoms with van der Waals surface area (Å²) in [4.78, 5) is 15.4. The van der Waals surface area contributed by atoms with Gasteiger partial charge in [-0.15, -0.1) is 11.3 Å². The molecule has 0 saturated carbocycles. The highest BCUT2D eigenvalue weighted by Crippen LogP contribution is 2.29. The van der Waals surface area contributed by atoms with Crippen molar-refractivity contribution in [1.82, 2.24) is 19.5 Å². The largest absolute Gasteiger partial charge is 0.368 e. The van der Waals surface area contributed by atoms with Crippen LogP contribution in [0, 0.1) is 0 Å². The minimum Gasteiger partial charge on any atom is -0.368 e. The van der Waals surface area contributed by atoms with E-state index in [0.717, 1.165) is 41.1 Å². The molecule has 5 nitrogen and oxygen atoms in total. The van der Waals surface area contributed by atoms with Gasteiger partial charge in [0.15, 0.2) is 5.82 Å². The molecule has 20 heavy (non-hydrogen) atoms. The fourth-order valence-corrected chi connectivity index (χ4v) is 3.23. The Labute approximate surface area is 121 Å². The van der Waals surface area contributed by atoms with Crippen molar-refractivity contribution in [2.75, 3.05) is 5.73 Å². The van der Waals surface area contributed by atoms with Crippen LogP contribution in [0.4, 0.5) is 5.95 Å². The molecule has 0 radical (unpaired) electrons. The molecule has 3 rings (SSSR count). The van der Waals surface area contributed by atoms with Crippen molar-refractivity contribution in [3.8, 4) is 5.82 Å². The summed E-state index contributed by atoms with van der Waals surface area (Å²) < 4.78 is 2.02. The Morgan fingerprint density at radius 3 is 2.90 bits per heavy atom. The fraction of sp³-hybridized carbons (Fsp3) is 0.357. The topological polar surface area (TPSA) is 69.6 Å². The second-order valence-electron chi connectivity index (χ2n) is 4.65. The molecule has 104 valence electrons. The molecule has 3 aromatic heterocycles. The molecule has 0 saturated heterocycles. The summed E-state index contributed by atoms with van der Waals surface area (Å²) in [5.74, 6) is 2.16. The lowest BCUT2D eigenvalue weighted by molar-refractivity contribution is 0.801. The Morgan fingerprint density at radius 2 is 2.15 bits per heavy atom. The second kappa shape index (κ2) is 5.20. The highest BCUT2D eigenvalue weighted by atomic mass is 32.1. The maximum atomic E-state index is 5.86. The van der Waals surface area contributed by atoms with Crippen molar-refractivity contribution < 1.29 is 0 Å². The quantitative estimate of drug-likeness (QED) is 0.801. The van der Waals surface area contributed by atoms with Crippen molar-refractivity contribution in [1.29, 1.82) is 0 Å². The highest BCUT2D eigenvalue weighted by Gasteiger charge is 2.14. The molecule has 3 heterocycles. The van der Waals surface area contributed by atoms with Crippen LogP contribution in [0.5, 0.6) is 0 Å². The Morgan fingerprint density at radius 1 is 1.30 bits per heavy atom. The van der Waals surface area contributed by atoms with Crippen LogP contribution in [0.2, 0.25) is 0 Å². The lowest BCUT2D eigenvalue weighted by Crippen LogP contribution is -2.06. The Balaban J connectivity index is 2.23. The van der Waals surface area contributed by atoms with Crippen molar-refractivity contribution in [3.05, 3.63) is 29.2 Å². The number of rotatable bonds is 4. The lowest BCUT2D eigenvalue weighted by atomic mass is 10.3. The standard InChI is InChI=1S/C14H17N5S/c1-3-5-11-16-6-7-19(11)12-10-8-9(4-2)20-13(10)18-14(15)17-12/h6-8H,3-5H2,1-2H3,(H2,15,17,18). The van der Waals surface area contributed by atoms with E-state index in [1.54, 1.807) is 11.3 Å². The predicted octanol–water partition coefficient (Wildman–Crippen LogP) is 2.97. The molecule has 0 spiro atoms. The normalized spacial score (nSPS) is 11.3. The summed E-state index contributed by atoms with van der Waals surface area (Å²) in [5, 5.41) is 1.05. The average molecular weight is 287 g/mol. The van der Waals surface area contributed by atoms with Gasteiger partial charge in [-0.05, 0) is 18.9 Å². The minimum atomic E-state index is 0.313. The number of nitrogens with two attached hydrogens (primary N) is 1. The molecule has 2 N–H and O–H groups in total. The van der Waals surface area contributed by atoms with Gasteiger partial charge in [0.25, 0.3) is 0 Å². The number of aromatic nitrogens is 4. The number of thiophene rings is 1. The fourth-order valence-electron chi connectivity index (χ4n) is 2.27. The lowest BCUT2D eigenvalue weighted by Gasteiger charge is -2.08. The predicted molar refractivity (Wildman–Crippen MR) is 82.3 cm³/mol. The van der Waals surface area contributed by atoms with Crippen LogP contribution in [-0.4, -0.2) is 19.5 Å². The first-order valence-electron chi connectivity index (χ1n) is 6.81. The molecule has 0 atom stereocenters. The second-order valence-corrected chi connectivity index (χ2v) is 5.77. The third kappa shape index (κ3) is 2.16. The van der Waals surface area contributed by atoms with E-state index >= 15 is 0 Å². The summed E-state index contributed by atoms with van der Waals surface area (Å²) >= 11 is 1.68. The average Bonchev–Trinajstić information content (AvgIpc) is 3.04. The number of nitrogen functional groups attached to an aromatic ring is 1. The van der Waals surface area contributed by atoms with E-state index in [0.29, 0.717) is 5.95 Å². The van der Waals surface area contributed by atoms with Crippen LogP contribution in [0.25, 0.3) is 16.0 Å². The summed E-state index contributed by atoms with van der Waals surface area (Å²) in [6.45, 7) is 4.28. The molecular formula is C14H17N5S. The van der Waals surface area contributed by atoms with Gasteiger partial charge < -0.3 is 5.73 Å². The van der Waals surface area contributed by atoms with Gasteiger partial charge in [0.05, 0.1) is 5.39 Å². The van der Waals surface area contributed by atoms with E-state index in [2.05, 4.69) is 34.9 Å². The van der Waals surface area contributed by atoms with E-state index in [4.69, 9.17) is 5.73 Å². The first kappa shape index (κ1) is 13.1. The zero-order valence-corrected chi connectivity index (χ0v) is 12.4.